The zero-order valence-corrected chi connectivity index (χ0v) is 15.5. The second kappa shape index (κ2) is 7.62. The first-order chi connectivity index (χ1) is 13.3. The summed E-state index contributed by atoms with van der Waals surface area (Å²) < 4.78 is 0. The highest BCUT2D eigenvalue weighted by Crippen LogP contribution is 2.21. The molecule has 4 rings (SSSR count). The second-order valence-electron chi connectivity index (χ2n) is 6.86. The average Bonchev–Trinajstić information content (AvgIpc) is 3.19. The maximum atomic E-state index is 13.3. The highest BCUT2D eigenvalue weighted by atomic mass is 16.2. The molecule has 0 atom stereocenters. The van der Waals surface area contributed by atoms with Gasteiger partial charge < -0.3 is 9.88 Å². The Morgan fingerprint density at radius 1 is 1.11 bits per heavy atom. The SMILES string of the molecule is CCCCN(Cc1cnc2ccccc2c1)C(=O)c1cccc2[nH]ccc12. The fourth-order valence-electron chi connectivity index (χ4n) is 3.47. The number of benzene rings is 2. The standard InChI is InChI=1S/C23H23N3O/c1-2-3-13-26(16-17-14-18-7-4-5-9-21(18)25-15-17)23(27)20-8-6-10-22-19(20)11-12-24-22/h4-12,14-15,24H,2-3,13,16H2,1H3. The number of aromatic amines is 1. The Kier molecular flexibility index (Phi) is 4.88. The van der Waals surface area contributed by atoms with Gasteiger partial charge in [0.1, 0.15) is 0 Å². The van der Waals surface area contributed by atoms with Crippen LogP contribution in [0.3, 0.4) is 0 Å². The van der Waals surface area contributed by atoms with Crippen LogP contribution < -0.4 is 0 Å². The van der Waals surface area contributed by atoms with Gasteiger partial charge in [-0.1, -0.05) is 37.6 Å². The summed E-state index contributed by atoms with van der Waals surface area (Å²) >= 11 is 0. The fourth-order valence-corrected chi connectivity index (χ4v) is 3.47. The van der Waals surface area contributed by atoms with Gasteiger partial charge in [-0.2, -0.15) is 0 Å². The molecule has 0 aliphatic carbocycles. The van der Waals surface area contributed by atoms with E-state index < -0.39 is 0 Å². The van der Waals surface area contributed by atoms with Crippen molar-refractivity contribution in [2.45, 2.75) is 26.3 Å². The summed E-state index contributed by atoms with van der Waals surface area (Å²) in [7, 11) is 0. The lowest BCUT2D eigenvalue weighted by Gasteiger charge is -2.23. The largest absolute Gasteiger partial charge is 0.361 e. The minimum atomic E-state index is 0.0711. The molecule has 0 fully saturated rings. The predicted molar refractivity (Wildman–Crippen MR) is 110 cm³/mol. The quantitative estimate of drug-likeness (QED) is 0.518. The van der Waals surface area contributed by atoms with E-state index in [1.165, 1.54) is 0 Å². The Hall–Kier alpha value is -3.14. The van der Waals surface area contributed by atoms with Crippen LogP contribution in [0.1, 0.15) is 35.7 Å². The average molecular weight is 357 g/mol. The fraction of sp³-hybridized carbons (Fsp3) is 0.217. The third-order valence-electron chi connectivity index (χ3n) is 4.91. The molecule has 2 aromatic carbocycles. The number of H-pyrrole nitrogens is 1. The molecule has 4 nitrogen and oxygen atoms in total. The van der Waals surface area contributed by atoms with Crippen molar-refractivity contribution in [3.63, 3.8) is 0 Å². The molecule has 4 heteroatoms. The minimum absolute atomic E-state index is 0.0711. The number of nitrogens with one attached hydrogen (secondary N) is 1. The first kappa shape index (κ1) is 17.3. The number of aromatic nitrogens is 2. The molecule has 0 radical (unpaired) electrons. The van der Waals surface area contributed by atoms with Gasteiger partial charge in [0.2, 0.25) is 0 Å². The number of rotatable bonds is 6. The molecule has 27 heavy (non-hydrogen) atoms. The maximum Gasteiger partial charge on any atom is 0.254 e. The van der Waals surface area contributed by atoms with E-state index in [-0.39, 0.29) is 5.91 Å². The molecule has 4 aromatic rings. The van der Waals surface area contributed by atoms with Gasteiger partial charge in [0, 0.05) is 47.3 Å². The lowest BCUT2D eigenvalue weighted by atomic mass is 10.1. The number of unbranched alkanes of at least 4 members (excludes halogenated alkanes) is 1. The number of carbonyl (C=O) groups excluding carboxylic acids is 1. The van der Waals surface area contributed by atoms with Crippen LogP contribution in [0, 0.1) is 0 Å². The van der Waals surface area contributed by atoms with Crippen LogP contribution in [-0.2, 0) is 6.54 Å². The molecule has 0 aliphatic rings. The van der Waals surface area contributed by atoms with E-state index in [1.807, 2.05) is 59.8 Å². The number of hydrogen-bond donors (Lipinski definition) is 1. The third kappa shape index (κ3) is 3.56. The topological polar surface area (TPSA) is 49.0 Å². The maximum absolute atomic E-state index is 13.3. The highest BCUT2D eigenvalue weighted by Gasteiger charge is 2.18. The molecule has 2 heterocycles. The van der Waals surface area contributed by atoms with E-state index in [4.69, 9.17) is 0 Å². The highest BCUT2D eigenvalue weighted by molar-refractivity contribution is 6.06. The minimum Gasteiger partial charge on any atom is -0.361 e. The van der Waals surface area contributed by atoms with Crippen LogP contribution in [0.2, 0.25) is 0 Å². The van der Waals surface area contributed by atoms with Crippen molar-refractivity contribution < 1.29 is 4.79 Å². The van der Waals surface area contributed by atoms with E-state index in [1.54, 1.807) is 0 Å². The Bertz CT molecular complexity index is 1080. The number of carbonyl (C=O) groups is 1. The molecule has 0 saturated heterocycles. The summed E-state index contributed by atoms with van der Waals surface area (Å²) in [6.45, 7) is 3.45. The zero-order valence-electron chi connectivity index (χ0n) is 15.5. The molecule has 1 amide bonds. The Balaban J connectivity index is 1.65. The van der Waals surface area contributed by atoms with Crippen LogP contribution in [0.15, 0.2) is 67.0 Å². The molecule has 0 unspecified atom stereocenters. The van der Waals surface area contributed by atoms with E-state index in [9.17, 15) is 4.79 Å². The summed E-state index contributed by atoms with van der Waals surface area (Å²) in [6, 6.07) is 18.0. The molecule has 0 spiro atoms. The smallest absolute Gasteiger partial charge is 0.254 e. The summed E-state index contributed by atoms with van der Waals surface area (Å²) in [4.78, 5) is 23.0. The molecule has 0 saturated carbocycles. The van der Waals surface area contributed by atoms with Crippen LogP contribution in [0.4, 0.5) is 0 Å². The molecule has 1 N–H and O–H groups in total. The van der Waals surface area contributed by atoms with Crippen molar-refractivity contribution in [2.75, 3.05) is 6.54 Å². The summed E-state index contributed by atoms with van der Waals surface area (Å²) in [5.74, 6) is 0.0711. The van der Waals surface area contributed by atoms with Gasteiger partial charge in [0.15, 0.2) is 0 Å². The molecular formula is C23H23N3O. The molecule has 0 bridgehead atoms. The first-order valence-corrected chi connectivity index (χ1v) is 9.45. The number of nitrogens with zero attached hydrogens (tertiary/aromatic N) is 2. The number of fused-ring (bicyclic) bond motifs is 2. The van der Waals surface area contributed by atoms with Crippen LogP contribution in [0.5, 0.6) is 0 Å². The summed E-state index contributed by atoms with van der Waals surface area (Å²) in [5, 5.41) is 2.08. The summed E-state index contributed by atoms with van der Waals surface area (Å²) in [6.07, 6.45) is 5.79. The lowest BCUT2D eigenvalue weighted by molar-refractivity contribution is 0.0742. The van der Waals surface area contributed by atoms with Crippen molar-refractivity contribution >= 4 is 27.7 Å². The monoisotopic (exact) mass is 357 g/mol. The number of amides is 1. The van der Waals surface area contributed by atoms with Gasteiger partial charge >= 0.3 is 0 Å². The zero-order chi connectivity index (χ0) is 18.6. The van der Waals surface area contributed by atoms with Gasteiger partial charge in [-0.25, -0.2) is 0 Å². The van der Waals surface area contributed by atoms with E-state index in [2.05, 4.69) is 29.0 Å². The van der Waals surface area contributed by atoms with Crippen molar-refractivity contribution in [1.29, 1.82) is 0 Å². The Labute approximate surface area is 158 Å². The van der Waals surface area contributed by atoms with Gasteiger partial charge in [-0.05, 0) is 42.3 Å². The van der Waals surface area contributed by atoms with Gasteiger partial charge in [0.25, 0.3) is 5.91 Å². The van der Waals surface area contributed by atoms with Crippen LogP contribution in [0.25, 0.3) is 21.8 Å². The van der Waals surface area contributed by atoms with Gasteiger partial charge in [0.05, 0.1) is 5.52 Å². The third-order valence-corrected chi connectivity index (χ3v) is 4.91. The molecular weight excluding hydrogens is 334 g/mol. The second-order valence-corrected chi connectivity index (χ2v) is 6.86. The number of para-hydroxylation sites is 1. The van der Waals surface area contributed by atoms with Crippen molar-refractivity contribution in [3.8, 4) is 0 Å². The van der Waals surface area contributed by atoms with E-state index in [0.717, 1.165) is 52.3 Å². The van der Waals surface area contributed by atoms with E-state index >= 15 is 0 Å². The number of pyridine rings is 1. The normalized spacial score (nSPS) is 11.1. The van der Waals surface area contributed by atoms with Gasteiger partial charge in [-0.3, -0.25) is 9.78 Å². The van der Waals surface area contributed by atoms with Crippen molar-refractivity contribution in [2.24, 2.45) is 0 Å². The predicted octanol–water partition coefficient (Wildman–Crippen LogP) is 5.16. The molecule has 0 aliphatic heterocycles. The summed E-state index contributed by atoms with van der Waals surface area (Å²) in [5.41, 5.74) is 3.77. The molecule has 2 aromatic heterocycles. The number of hydrogen-bond acceptors (Lipinski definition) is 2. The molecule has 136 valence electrons. The van der Waals surface area contributed by atoms with Crippen molar-refractivity contribution in [1.82, 2.24) is 14.9 Å². The van der Waals surface area contributed by atoms with E-state index in [0.29, 0.717) is 6.54 Å². The lowest BCUT2D eigenvalue weighted by Crippen LogP contribution is -2.31. The first-order valence-electron chi connectivity index (χ1n) is 9.45. The van der Waals surface area contributed by atoms with Gasteiger partial charge in [-0.15, -0.1) is 0 Å². The Morgan fingerprint density at radius 3 is 2.89 bits per heavy atom. The Morgan fingerprint density at radius 2 is 2.00 bits per heavy atom. The van der Waals surface area contributed by atoms with Crippen LogP contribution >= 0.6 is 0 Å². The van der Waals surface area contributed by atoms with Crippen LogP contribution in [-0.4, -0.2) is 27.3 Å². The van der Waals surface area contributed by atoms with Crippen molar-refractivity contribution in [3.05, 3.63) is 78.1 Å².